The lowest BCUT2D eigenvalue weighted by molar-refractivity contribution is -0.729. The van der Waals surface area contributed by atoms with Gasteiger partial charge in [-0.25, -0.2) is 4.84 Å². The van der Waals surface area contributed by atoms with Crippen molar-refractivity contribution in [2.24, 2.45) is 0 Å². The smallest absolute Gasteiger partial charge is 0.268 e. The Balaban J connectivity index is 3.54. The summed E-state index contributed by atoms with van der Waals surface area (Å²) in [5, 5.41) is 8.39. The summed E-state index contributed by atoms with van der Waals surface area (Å²) >= 11 is 0. The van der Waals surface area contributed by atoms with E-state index in [0.717, 1.165) is 0 Å². The second kappa shape index (κ2) is 4.49. The molecule has 0 atom stereocenters. The molecular formula is C5H7NO4. The maximum Gasteiger partial charge on any atom is 0.307 e. The molecule has 5 nitrogen and oxygen atoms in total. The highest BCUT2D eigenvalue weighted by atomic mass is 17.0. The molecule has 0 amide bonds. The minimum Gasteiger partial charge on any atom is -0.268 e. The zero-order valence-electron chi connectivity index (χ0n) is 5.44. The van der Waals surface area contributed by atoms with Crippen LogP contribution in [0.5, 0.6) is 0 Å². The molecule has 0 bridgehead atoms. The summed E-state index contributed by atoms with van der Waals surface area (Å²) in [5.41, 5.74) is 0. The van der Waals surface area contributed by atoms with Crippen LogP contribution in [0.3, 0.4) is 0 Å². The summed E-state index contributed by atoms with van der Waals surface area (Å²) in [5.74, 6) is -0.858. The predicted molar refractivity (Wildman–Crippen MR) is 32.5 cm³/mol. The number of carbonyl (C=O) groups is 1. The number of rotatable bonds is 3. The molecular weight excluding hydrogens is 138 g/mol. The molecule has 0 radical (unpaired) electrons. The van der Waals surface area contributed by atoms with Gasteiger partial charge in [-0.05, 0) is 6.92 Å². The Bertz CT molecular complexity index is 163. The minimum atomic E-state index is -1.12. The highest BCUT2D eigenvalue weighted by Gasteiger charge is 2.02. The summed E-state index contributed by atoms with van der Waals surface area (Å²) in [4.78, 5) is 23.4. The van der Waals surface area contributed by atoms with Crippen molar-refractivity contribution in [3.05, 3.63) is 22.3 Å². The van der Waals surface area contributed by atoms with Crippen molar-refractivity contribution >= 4 is 5.97 Å². The molecule has 0 aromatic heterocycles. The van der Waals surface area contributed by atoms with Crippen LogP contribution < -0.4 is 0 Å². The van der Waals surface area contributed by atoms with Gasteiger partial charge in [-0.15, -0.1) is 10.1 Å². The van der Waals surface area contributed by atoms with Gasteiger partial charge in [-0.2, -0.15) is 0 Å². The van der Waals surface area contributed by atoms with Gasteiger partial charge in [0.25, 0.3) is 0 Å². The normalized spacial score (nSPS) is 9.70. The molecule has 0 heterocycles. The van der Waals surface area contributed by atoms with E-state index in [1.165, 1.54) is 6.08 Å². The summed E-state index contributed by atoms with van der Waals surface area (Å²) in [6.45, 7) is 1.71. The van der Waals surface area contributed by atoms with Gasteiger partial charge in [0.15, 0.2) is 0 Å². The predicted octanol–water partition coefficient (Wildman–Crippen LogP) is 0.688. The van der Waals surface area contributed by atoms with Crippen LogP contribution in [0.15, 0.2) is 12.2 Å². The maximum absolute atomic E-state index is 10.3. The van der Waals surface area contributed by atoms with E-state index in [1.807, 2.05) is 0 Å². The first kappa shape index (κ1) is 8.61. The lowest BCUT2D eigenvalue weighted by Gasteiger charge is -1.89. The second-order valence-corrected chi connectivity index (χ2v) is 1.46. The van der Waals surface area contributed by atoms with Gasteiger partial charge in [-0.1, -0.05) is 12.2 Å². The molecule has 0 aliphatic heterocycles. The highest BCUT2D eigenvalue weighted by molar-refractivity contribution is 5.70. The molecule has 10 heavy (non-hydrogen) atoms. The topological polar surface area (TPSA) is 69.4 Å². The van der Waals surface area contributed by atoms with Crippen molar-refractivity contribution in [2.75, 3.05) is 0 Å². The average Bonchev–Trinajstić information content (AvgIpc) is 1.82. The monoisotopic (exact) mass is 145 g/mol. The van der Waals surface area contributed by atoms with Crippen molar-refractivity contribution in [3.8, 4) is 0 Å². The Morgan fingerprint density at radius 2 is 2.40 bits per heavy atom. The Hall–Kier alpha value is -1.39. The maximum atomic E-state index is 10.3. The third kappa shape index (κ3) is 4.76. The number of nitrogens with zero attached hydrogens (tertiary/aromatic N) is 1. The molecule has 5 heteroatoms. The van der Waals surface area contributed by atoms with E-state index in [9.17, 15) is 14.9 Å². The number of hydrogen-bond donors (Lipinski definition) is 0. The van der Waals surface area contributed by atoms with Gasteiger partial charge >= 0.3 is 11.1 Å². The first-order valence-corrected chi connectivity index (χ1v) is 2.63. The molecule has 0 aromatic rings. The molecule has 56 valence electrons. The fourth-order valence-electron chi connectivity index (χ4n) is 0.334. The molecule has 0 aromatic carbocycles. The zero-order valence-corrected chi connectivity index (χ0v) is 5.44. The van der Waals surface area contributed by atoms with Crippen molar-refractivity contribution < 1.29 is 14.7 Å². The summed E-state index contributed by atoms with van der Waals surface area (Å²) in [6, 6.07) is 0. The van der Waals surface area contributed by atoms with Gasteiger partial charge in [0.1, 0.15) is 0 Å². The lowest BCUT2D eigenvalue weighted by Crippen LogP contribution is -2.08. The Labute approximate surface area is 57.4 Å². The Kier molecular flexibility index (Phi) is 3.86. The van der Waals surface area contributed by atoms with Gasteiger partial charge < -0.3 is 0 Å². The molecule has 0 fully saturated rings. The van der Waals surface area contributed by atoms with E-state index in [-0.39, 0.29) is 6.42 Å². The molecule has 0 aliphatic carbocycles. The quantitative estimate of drug-likeness (QED) is 0.332. The number of hydrogen-bond acceptors (Lipinski definition) is 4. The van der Waals surface area contributed by atoms with E-state index in [0.29, 0.717) is 0 Å². The van der Waals surface area contributed by atoms with E-state index in [2.05, 4.69) is 4.84 Å². The lowest BCUT2D eigenvalue weighted by atomic mass is 10.4. The van der Waals surface area contributed by atoms with Crippen LogP contribution in [-0.4, -0.2) is 11.1 Å². The first-order chi connectivity index (χ1) is 4.66. The van der Waals surface area contributed by atoms with Crippen molar-refractivity contribution in [2.45, 2.75) is 13.3 Å². The van der Waals surface area contributed by atoms with Crippen molar-refractivity contribution in [1.29, 1.82) is 0 Å². The van der Waals surface area contributed by atoms with E-state index in [4.69, 9.17) is 0 Å². The van der Waals surface area contributed by atoms with Gasteiger partial charge in [0.2, 0.25) is 0 Å². The molecule has 0 aliphatic rings. The third-order valence-corrected chi connectivity index (χ3v) is 0.697. The van der Waals surface area contributed by atoms with Crippen LogP contribution in [0.1, 0.15) is 13.3 Å². The van der Waals surface area contributed by atoms with E-state index < -0.39 is 11.1 Å². The van der Waals surface area contributed by atoms with E-state index >= 15 is 0 Å². The summed E-state index contributed by atoms with van der Waals surface area (Å²) < 4.78 is 0. The van der Waals surface area contributed by atoms with Crippen LogP contribution in [-0.2, 0) is 9.63 Å². The summed E-state index contributed by atoms with van der Waals surface area (Å²) in [6.07, 6.45) is 3.03. The van der Waals surface area contributed by atoms with Crippen LogP contribution >= 0.6 is 0 Å². The fraction of sp³-hybridized carbons (Fsp3) is 0.400. The van der Waals surface area contributed by atoms with Gasteiger partial charge in [-0.3, -0.25) is 4.79 Å². The molecule has 0 saturated heterocycles. The fourth-order valence-corrected chi connectivity index (χ4v) is 0.334. The Morgan fingerprint density at radius 3 is 2.80 bits per heavy atom. The highest BCUT2D eigenvalue weighted by Crippen LogP contribution is 1.87. The second-order valence-electron chi connectivity index (χ2n) is 1.46. The molecule has 0 saturated carbocycles. The van der Waals surface area contributed by atoms with Crippen molar-refractivity contribution in [1.82, 2.24) is 0 Å². The SMILES string of the molecule is CC=CCC(=O)O[N+](=O)[O-]. The first-order valence-electron chi connectivity index (χ1n) is 2.63. The largest absolute Gasteiger partial charge is 0.307 e. The molecule has 0 N–H and O–H groups in total. The third-order valence-electron chi connectivity index (χ3n) is 0.697. The van der Waals surface area contributed by atoms with Crippen LogP contribution in [0.25, 0.3) is 0 Å². The summed E-state index contributed by atoms with van der Waals surface area (Å²) in [7, 11) is 0. The number of carbonyl (C=O) groups excluding carboxylic acids is 1. The van der Waals surface area contributed by atoms with Crippen LogP contribution in [0.2, 0.25) is 0 Å². The van der Waals surface area contributed by atoms with E-state index in [1.54, 1.807) is 13.0 Å². The molecule has 0 rings (SSSR count). The minimum absolute atomic E-state index is 0.0581. The number of allylic oxidation sites excluding steroid dienone is 1. The average molecular weight is 145 g/mol. The standard InChI is InChI=1S/C5H7NO4/c1-2-3-4-5(7)10-6(8)9/h2-3H,4H2,1H3. The van der Waals surface area contributed by atoms with Gasteiger partial charge in [0.05, 0.1) is 6.42 Å². The van der Waals surface area contributed by atoms with Crippen molar-refractivity contribution in [3.63, 3.8) is 0 Å². The van der Waals surface area contributed by atoms with Crippen LogP contribution in [0, 0.1) is 10.1 Å². The Morgan fingerprint density at radius 1 is 1.80 bits per heavy atom. The van der Waals surface area contributed by atoms with Crippen LogP contribution in [0.4, 0.5) is 0 Å². The van der Waals surface area contributed by atoms with Gasteiger partial charge in [0, 0.05) is 0 Å². The molecule has 0 unspecified atom stereocenters. The molecule has 0 spiro atoms. The zero-order chi connectivity index (χ0) is 7.98.